The molecule has 0 radical (unpaired) electrons. The number of methoxy groups -OCH3 is 1. The first-order valence-corrected chi connectivity index (χ1v) is 10.2. The van der Waals surface area contributed by atoms with E-state index < -0.39 is 0 Å². The topological polar surface area (TPSA) is 49.7 Å². The van der Waals surface area contributed by atoms with Gasteiger partial charge in [0.15, 0.2) is 0 Å². The summed E-state index contributed by atoms with van der Waals surface area (Å²) < 4.78 is 5.15. The Kier molecular flexibility index (Phi) is 12.2. The second-order valence-electron chi connectivity index (χ2n) is 7.22. The second kappa shape index (κ2) is 14.0. The summed E-state index contributed by atoms with van der Waals surface area (Å²) in [4.78, 5) is 0. The molecular formula is C22H38O3. The van der Waals surface area contributed by atoms with E-state index in [1.54, 1.807) is 19.2 Å². The SMILES string of the molecule is CCCCCCCCCCCCCC(O)Cc1cc(O)cc(OC)c1. The molecule has 0 saturated carbocycles. The van der Waals surface area contributed by atoms with Gasteiger partial charge < -0.3 is 14.9 Å². The normalized spacial score (nSPS) is 12.3. The van der Waals surface area contributed by atoms with Gasteiger partial charge in [0.25, 0.3) is 0 Å². The molecule has 144 valence electrons. The fourth-order valence-corrected chi connectivity index (χ4v) is 3.30. The maximum atomic E-state index is 10.2. The molecule has 3 nitrogen and oxygen atoms in total. The third kappa shape index (κ3) is 11.1. The number of hydrogen-bond donors (Lipinski definition) is 2. The molecule has 0 saturated heterocycles. The fourth-order valence-electron chi connectivity index (χ4n) is 3.30. The van der Waals surface area contributed by atoms with E-state index in [1.807, 2.05) is 6.07 Å². The van der Waals surface area contributed by atoms with Crippen LogP contribution >= 0.6 is 0 Å². The molecule has 25 heavy (non-hydrogen) atoms. The highest BCUT2D eigenvalue weighted by atomic mass is 16.5. The standard InChI is InChI=1S/C22H38O3/c1-3-4-5-6-7-8-9-10-11-12-13-14-20(23)15-19-16-21(24)18-22(17-19)25-2/h16-18,20,23-24H,3-15H2,1-2H3. The summed E-state index contributed by atoms with van der Waals surface area (Å²) in [7, 11) is 1.58. The molecule has 3 heteroatoms. The highest BCUT2D eigenvalue weighted by Gasteiger charge is 2.08. The minimum atomic E-state index is -0.343. The molecule has 0 spiro atoms. The fraction of sp³-hybridized carbons (Fsp3) is 0.727. The predicted octanol–water partition coefficient (Wildman–Crippen LogP) is 6.01. The second-order valence-corrected chi connectivity index (χ2v) is 7.22. The van der Waals surface area contributed by atoms with Crippen LogP contribution < -0.4 is 4.74 Å². The number of phenolic OH excluding ortho intramolecular Hbond substituents is 1. The largest absolute Gasteiger partial charge is 0.508 e. The van der Waals surface area contributed by atoms with Gasteiger partial charge in [0, 0.05) is 6.07 Å². The lowest BCUT2D eigenvalue weighted by Crippen LogP contribution is -2.10. The Hall–Kier alpha value is -1.22. The van der Waals surface area contributed by atoms with E-state index >= 15 is 0 Å². The van der Waals surface area contributed by atoms with Gasteiger partial charge in [-0.25, -0.2) is 0 Å². The lowest BCUT2D eigenvalue weighted by molar-refractivity contribution is 0.160. The maximum Gasteiger partial charge on any atom is 0.122 e. The van der Waals surface area contributed by atoms with Gasteiger partial charge >= 0.3 is 0 Å². The molecule has 0 aliphatic rings. The van der Waals surface area contributed by atoms with Crippen LogP contribution in [0.2, 0.25) is 0 Å². The molecule has 0 heterocycles. The molecule has 0 bridgehead atoms. The maximum absolute atomic E-state index is 10.2. The van der Waals surface area contributed by atoms with Gasteiger partial charge in [-0.3, -0.25) is 0 Å². The van der Waals surface area contributed by atoms with Crippen molar-refractivity contribution in [2.75, 3.05) is 7.11 Å². The number of aromatic hydroxyl groups is 1. The van der Waals surface area contributed by atoms with E-state index in [0.29, 0.717) is 12.2 Å². The van der Waals surface area contributed by atoms with Crippen LogP contribution in [0.15, 0.2) is 18.2 Å². The Labute approximate surface area is 154 Å². The molecule has 2 N–H and O–H groups in total. The molecule has 0 aliphatic carbocycles. The number of rotatable bonds is 15. The van der Waals surface area contributed by atoms with E-state index in [-0.39, 0.29) is 11.9 Å². The average molecular weight is 351 g/mol. The molecule has 1 rings (SSSR count). The molecule has 0 fully saturated rings. The van der Waals surface area contributed by atoms with Crippen molar-refractivity contribution in [2.24, 2.45) is 0 Å². The van der Waals surface area contributed by atoms with Crippen molar-refractivity contribution in [3.63, 3.8) is 0 Å². The van der Waals surface area contributed by atoms with Crippen LogP contribution in [-0.2, 0) is 6.42 Å². The van der Waals surface area contributed by atoms with Gasteiger partial charge in [-0.05, 0) is 30.5 Å². The zero-order valence-corrected chi connectivity index (χ0v) is 16.3. The average Bonchev–Trinajstić information content (AvgIpc) is 2.59. The molecule has 1 aromatic rings. The van der Waals surface area contributed by atoms with Gasteiger partial charge in [0.05, 0.1) is 13.2 Å². The molecule has 1 aromatic carbocycles. The number of ether oxygens (including phenoxy) is 1. The number of unbranched alkanes of at least 4 members (excludes halogenated alkanes) is 10. The Morgan fingerprint density at radius 2 is 1.40 bits per heavy atom. The first-order valence-electron chi connectivity index (χ1n) is 10.2. The zero-order chi connectivity index (χ0) is 18.3. The third-order valence-electron chi connectivity index (χ3n) is 4.80. The highest BCUT2D eigenvalue weighted by molar-refractivity contribution is 5.37. The Bertz CT molecular complexity index is 445. The van der Waals surface area contributed by atoms with E-state index in [0.717, 1.165) is 18.4 Å². The first-order chi connectivity index (χ1) is 12.2. The first kappa shape index (κ1) is 21.8. The molecule has 1 atom stereocenters. The molecule has 0 amide bonds. The van der Waals surface area contributed by atoms with Crippen LogP contribution in [-0.4, -0.2) is 23.4 Å². The molecule has 1 unspecified atom stereocenters. The van der Waals surface area contributed by atoms with Gasteiger partial charge in [-0.2, -0.15) is 0 Å². The highest BCUT2D eigenvalue weighted by Crippen LogP contribution is 2.23. The Morgan fingerprint density at radius 3 is 1.96 bits per heavy atom. The van der Waals surface area contributed by atoms with Crippen molar-refractivity contribution in [3.05, 3.63) is 23.8 Å². The molecular weight excluding hydrogens is 312 g/mol. The summed E-state index contributed by atoms with van der Waals surface area (Å²) in [6.45, 7) is 2.26. The van der Waals surface area contributed by atoms with E-state index in [4.69, 9.17) is 4.74 Å². The van der Waals surface area contributed by atoms with Crippen LogP contribution in [0, 0.1) is 0 Å². The van der Waals surface area contributed by atoms with Crippen LogP contribution in [0.3, 0.4) is 0 Å². The summed E-state index contributed by atoms with van der Waals surface area (Å²) in [5.41, 5.74) is 0.924. The summed E-state index contributed by atoms with van der Waals surface area (Å²) in [5.74, 6) is 0.827. The van der Waals surface area contributed by atoms with Crippen LogP contribution in [0.25, 0.3) is 0 Å². The van der Waals surface area contributed by atoms with Crippen LogP contribution in [0.4, 0.5) is 0 Å². The summed E-state index contributed by atoms with van der Waals surface area (Å²) in [6, 6.07) is 5.16. The molecule has 0 aliphatic heterocycles. The van der Waals surface area contributed by atoms with Crippen molar-refractivity contribution in [1.82, 2.24) is 0 Å². The van der Waals surface area contributed by atoms with Crippen molar-refractivity contribution in [3.8, 4) is 11.5 Å². The quantitative estimate of drug-likeness (QED) is 0.381. The van der Waals surface area contributed by atoms with E-state index in [9.17, 15) is 10.2 Å². The van der Waals surface area contributed by atoms with Crippen molar-refractivity contribution < 1.29 is 14.9 Å². The summed E-state index contributed by atoms with van der Waals surface area (Å²) in [6.07, 6.45) is 15.6. The van der Waals surface area contributed by atoms with Gasteiger partial charge in [-0.15, -0.1) is 0 Å². The van der Waals surface area contributed by atoms with Crippen molar-refractivity contribution in [2.45, 2.75) is 96.5 Å². The van der Waals surface area contributed by atoms with E-state index in [2.05, 4.69) is 6.92 Å². The lowest BCUT2D eigenvalue weighted by atomic mass is 10.0. The molecule has 0 aromatic heterocycles. The van der Waals surface area contributed by atoms with Gasteiger partial charge in [0.2, 0.25) is 0 Å². The predicted molar refractivity (Wildman–Crippen MR) is 105 cm³/mol. The number of aliphatic hydroxyl groups excluding tert-OH is 1. The van der Waals surface area contributed by atoms with Crippen LogP contribution in [0.1, 0.15) is 89.5 Å². The van der Waals surface area contributed by atoms with Crippen molar-refractivity contribution >= 4 is 0 Å². The smallest absolute Gasteiger partial charge is 0.122 e. The summed E-state index contributed by atoms with van der Waals surface area (Å²) >= 11 is 0. The van der Waals surface area contributed by atoms with Gasteiger partial charge in [0.1, 0.15) is 11.5 Å². The Morgan fingerprint density at radius 1 is 0.840 bits per heavy atom. The number of phenols is 1. The minimum Gasteiger partial charge on any atom is -0.508 e. The zero-order valence-electron chi connectivity index (χ0n) is 16.3. The van der Waals surface area contributed by atoms with Crippen molar-refractivity contribution in [1.29, 1.82) is 0 Å². The number of hydrogen-bond acceptors (Lipinski definition) is 3. The van der Waals surface area contributed by atoms with Crippen LogP contribution in [0.5, 0.6) is 11.5 Å². The Balaban J connectivity index is 2.02. The minimum absolute atomic E-state index is 0.191. The third-order valence-corrected chi connectivity index (χ3v) is 4.80. The number of aliphatic hydroxyl groups is 1. The van der Waals surface area contributed by atoms with E-state index in [1.165, 1.54) is 64.2 Å². The van der Waals surface area contributed by atoms with Gasteiger partial charge in [-0.1, -0.05) is 77.6 Å². The number of benzene rings is 1. The summed E-state index contributed by atoms with van der Waals surface area (Å²) in [5, 5.41) is 19.8. The lowest BCUT2D eigenvalue weighted by Gasteiger charge is -2.12. The monoisotopic (exact) mass is 350 g/mol.